The number of carbonyl (C=O) groups is 1. The van der Waals surface area contributed by atoms with Crippen LogP contribution in [0, 0.1) is 22.7 Å². The fourth-order valence-electron chi connectivity index (χ4n) is 3.45. The zero-order valence-corrected chi connectivity index (χ0v) is 12.3. The number of rotatable bonds is 2. The summed E-state index contributed by atoms with van der Waals surface area (Å²) in [7, 11) is 0. The van der Waals surface area contributed by atoms with Gasteiger partial charge >= 0.3 is 0 Å². The molecule has 0 aromatic heterocycles. The molecule has 0 heterocycles. The first-order valence-corrected chi connectivity index (χ1v) is 7.74. The van der Waals surface area contributed by atoms with E-state index in [1.54, 1.807) is 0 Å². The first-order valence-electron chi connectivity index (χ1n) is 7.74. The fraction of sp³-hybridized carbons (Fsp3) is 0.875. The molecule has 0 spiro atoms. The third-order valence-corrected chi connectivity index (χ3v) is 5.20. The molecule has 3 heteroatoms. The van der Waals surface area contributed by atoms with Crippen molar-refractivity contribution in [3.05, 3.63) is 0 Å². The van der Waals surface area contributed by atoms with E-state index >= 15 is 0 Å². The topological polar surface area (TPSA) is 52.9 Å². The van der Waals surface area contributed by atoms with Crippen molar-refractivity contribution in [2.75, 3.05) is 0 Å². The van der Waals surface area contributed by atoms with Gasteiger partial charge in [-0.05, 0) is 44.4 Å². The highest BCUT2D eigenvalue weighted by Crippen LogP contribution is 2.38. The van der Waals surface area contributed by atoms with Crippen LogP contribution in [0.25, 0.3) is 0 Å². The minimum atomic E-state index is -0.593. The highest BCUT2D eigenvalue weighted by Gasteiger charge is 2.41. The molecule has 0 bridgehead atoms. The zero-order chi connectivity index (χ0) is 13.9. The van der Waals surface area contributed by atoms with Gasteiger partial charge in [-0.1, -0.05) is 33.1 Å². The Morgan fingerprint density at radius 1 is 1.16 bits per heavy atom. The van der Waals surface area contributed by atoms with E-state index < -0.39 is 5.54 Å². The second-order valence-electron chi connectivity index (χ2n) is 6.95. The van der Waals surface area contributed by atoms with Crippen LogP contribution in [0.5, 0.6) is 0 Å². The van der Waals surface area contributed by atoms with Crippen LogP contribution in [-0.2, 0) is 4.79 Å². The van der Waals surface area contributed by atoms with E-state index in [0.717, 1.165) is 51.4 Å². The Kier molecular flexibility index (Phi) is 4.18. The number of nitriles is 1. The van der Waals surface area contributed by atoms with Gasteiger partial charge in [0.25, 0.3) is 0 Å². The number of nitrogens with one attached hydrogen (secondary N) is 1. The molecule has 19 heavy (non-hydrogen) atoms. The summed E-state index contributed by atoms with van der Waals surface area (Å²) < 4.78 is 0. The quantitative estimate of drug-likeness (QED) is 0.827. The maximum atomic E-state index is 12.6. The van der Waals surface area contributed by atoms with Crippen LogP contribution in [-0.4, -0.2) is 11.4 Å². The summed E-state index contributed by atoms with van der Waals surface area (Å²) in [6, 6.07) is 2.39. The molecule has 2 rings (SSSR count). The zero-order valence-electron chi connectivity index (χ0n) is 12.3. The van der Waals surface area contributed by atoms with Gasteiger partial charge in [0.15, 0.2) is 0 Å². The lowest BCUT2D eigenvalue weighted by Crippen LogP contribution is -2.54. The van der Waals surface area contributed by atoms with E-state index in [4.69, 9.17) is 0 Å². The number of nitrogens with zero attached hydrogens (tertiary/aromatic N) is 1. The Hall–Kier alpha value is -1.04. The van der Waals surface area contributed by atoms with Crippen LogP contribution >= 0.6 is 0 Å². The molecular weight excluding hydrogens is 236 g/mol. The normalized spacial score (nSPS) is 34.3. The second-order valence-corrected chi connectivity index (χ2v) is 6.95. The highest BCUT2D eigenvalue weighted by atomic mass is 16.2. The lowest BCUT2D eigenvalue weighted by Gasteiger charge is -2.39. The molecule has 2 saturated carbocycles. The molecule has 0 aromatic carbocycles. The molecule has 3 nitrogen and oxygen atoms in total. The molecule has 0 saturated heterocycles. The van der Waals surface area contributed by atoms with Crippen LogP contribution < -0.4 is 5.32 Å². The molecule has 2 fully saturated rings. The molecule has 0 atom stereocenters. The Balaban J connectivity index is 2.02. The molecule has 0 aliphatic heterocycles. The van der Waals surface area contributed by atoms with Crippen molar-refractivity contribution in [2.45, 2.75) is 77.2 Å². The van der Waals surface area contributed by atoms with Gasteiger partial charge < -0.3 is 5.32 Å². The lowest BCUT2D eigenvalue weighted by atomic mass is 9.73. The SMILES string of the molecule is CC1CCC(C#N)(NC(=O)C2(C)CCCCC2)CC1. The average Bonchev–Trinajstić information content (AvgIpc) is 2.42. The van der Waals surface area contributed by atoms with Gasteiger partial charge in [-0.2, -0.15) is 5.26 Å². The molecule has 1 N–H and O–H groups in total. The van der Waals surface area contributed by atoms with Gasteiger partial charge in [-0.15, -0.1) is 0 Å². The first-order chi connectivity index (χ1) is 9.00. The largest absolute Gasteiger partial charge is 0.337 e. The third-order valence-electron chi connectivity index (χ3n) is 5.20. The molecule has 2 aliphatic carbocycles. The van der Waals surface area contributed by atoms with Crippen molar-refractivity contribution in [2.24, 2.45) is 11.3 Å². The van der Waals surface area contributed by atoms with Gasteiger partial charge in [0.1, 0.15) is 5.54 Å². The summed E-state index contributed by atoms with van der Waals surface area (Å²) in [6.07, 6.45) is 9.17. The number of hydrogen-bond donors (Lipinski definition) is 1. The third kappa shape index (κ3) is 3.11. The summed E-state index contributed by atoms with van der Waals surface area (Å²) in [5.41, 5.74) is -0.838. The van der Waals surface area contributed by atoms with E-state index in [-0.39, 0.29) is 11.3 Å². The minimum Gasteiger partial charge on any atom is -0.337 e. The number of amides is 1. The van der Waals surface area contributed by atoms with E-state index in [9.17, 15) is 10.1 Å². The van der Waals surface area contributed by atoms with Gasteiger partial charge in [-0.3, -0.25) is 4.79 Å². The lowest BCUT2D eigenvalue weighted by molar-refractivity contribution is -0.133. The van der Waals surface area contributed by atoms with E-state index in [2.05, 4.69) is 25.2 Å². The first kappa shape index (κ1) is 14.4. The van der Waals surface area contributed by atoms with Crippen molar-refractivity contribution in [1.82, 2.24) is 5.32 Å². The summed E-state index contributed by atoms with van der Waals surface area (Å²) in [6.45, 7) is 4.30. The maximum Gasteiger partial charge on any atom is 0.227 e. The van der Waals surface area contributed by atoms with Gasteiger partial charge in [0.2, 0.25) is 5.91 Å². The van der Waals surface area contributed by atoms with Crippen LogP contribution in [0.15, 0.2) is 0 Å². The molecular formula is C16H26N2O. The smallest absolute Gasteiger partial charge is 0.227 e. The Bertz CT molecular complexity index is 369. The predicted octanol–water partition coefficient (Wildman–Crippen LogP) is 3.55. The minimum absolute atomic E-state index is 0.114. The highest BCUT2D eigenvalue weighted by molar-refractivity contribution is 5.83. The second kappa shape index (κ2) is 5.53. The summed E-state index contributed by atoms with van der Waals surface area (Å²) >= 11 is 0. The van der Waals surface area contributed by atoms with Crippen molar-refractivity contribution in [3.8, 4) is 6.07 Å². The predicted molar refractivity (Wildman–Crippen MR) is 75.3 cm³/mol. The Morgan fingerprint density at radius 3 is 2.26 bits per heavy atom. The van der Waals surface area contributed by atoms with Crippen LogP contribution in [0.2, 0.25) is 0 Å². The molecule has 2 aliphatic rings. The van der Waals surface area contributed by atoms with E-state index in [0.29, 0.717) is 5.92 Å². The monoisotopic (exact) mass is 262 g/mol. The van der Waals surface area contributed by atoms with Crippen molar-refractivity contribution >= 4 is 5.91 Å². The van der Waals surface area contributed by atoms with E-state index in [1.165, 1.54) is 6.42 Å². The number of carbonyl (C=O) groups excluding carboxylic acids is 1. The van der Waals surface area contributed by atoms with Gasteiger partial charge in [0.05, 0.1) is 6.07 Å². The molecule has 0 unspecified atom stereocenters. The van der Waals surface area contributed by atoms with Crippen LogP contribution in [0.3, 0.4) is 0 Å². The van der Waals surface area contributed by atoms with Crippen molar-refractivity contribution in [1.29, 1.82) is 5.26 Å². The molecule has 106 valence electrons. The standard InChI is InChI=1S/C16H26N2O/c1-13-6-10-16(12-17,11-7-13)18-14(19)15(2)8-4-3-5-9-15/h13H,3-11H2,1-2H3,(H,18,19). The Morgan fingerprint density at radius 2 is 1.74 bits per heavy atom. The summed E-state index contributed by atoms with van der Waals surface area (Å²) in [5, 5.41) is 12.6. The Labute approximate surface area is 116 Å². The van der Waals surface area contributed by atoms with Gasteiger partial charge in [0, 0.05) is 5.41 Å². The molecule has 1 amide bonds. The van der Waals surface area contributed by atoms with Gasteiger partial charge in [-0.25, -0.2) is 0 Å². The van der Waals surface area contributed by atoms with Crippen LogP contribution in [0.4, 0.5) is 0 Å². The molecule has 0 aromatic rings. The summed E-state index contributed by atoms with van der Waals surface area (Å²) in [4.78, 5) is 12.6. The average molecular weight is 262 g/mol. The maximum absolute atomic E-state index is 12.6. The number of hydrogen-bond acceptors (Lipinski definition) is 2. The van der Waals surface area contributed by atoms with Crippen LogP contribution in [0.1, 0.15) is 71.6 Å². The molecule has 0 radical (unpaired) electrons. The van der Waals surface area contributed by atoms with E-state index in [1.807, 2.05) is 0 Å². The van der Waals surface area contributed by atoms with Crippen molar-refractivity contribution < 1.29 is 4.79 Å². The van der Waals surface area contributed by atoms with Crippen molar-refractivity contribution in [3.63, 3.8) is 0 Å². The fourth-order valence-corrected chi connectivity index (χ4v) is 3.45. The summed E-state index contributed by atoms with van der Waals surface area (Å²) in [5.74, 6) is 0.798.